The molecule has 0 fully saturated rings. The highest BCUT2D eigenvalue weighted by atomic mass is 16.5. The lowest BCUT2D eigenvalue weighted by Crippen LogP contribution is -2.35. The van der Waals surface area contributed by atoms with Crippen LogP contribution in [0.4, 0.5) is 0 Å². The third-order valence-corrected chi connectivity index (χ3v) is 4.05. The Morgan fingerprint density at radius 3 is 2.35 bits per heavy atom. The second-order valence-corrected chi connectivity index (χ2v) is 5.63. The van der Waals surface area contributed by atoms with Crippen molar-refractivity contribution < 1.29 is 19.7 Å². The summed E-state index contributed by atoms with van der Waals surface area (Å²) in [6, 6.07) is 0. The Hall–Kier alpha value is -0.610. The van der Waals surface area contributed by atoms with Gasteiger partial charge in [-0.25, -0.2) is 0 Å². The van der Waals surface area contributed by atoms with Crippen LogP contribution in [-0.4, -0.2) is 34.5 Å². The van der Waals surface area contributed by atoms with E-state index in [1.807, 2.05) is 13.8 Å². The second kappa shape index (κ2) is 10.2. The molecule has 20 heavy (non-hydrogen) atoms. The van der Waals surface area contributed by atoms with Gasteiger partial charge in [-0.1, -0.05) is 40.0 Å². The van der Waals surface area contributed by atoms with Gasteiger partial charge in [-0.2, -0.15) is 0 Å². The fourth-order valence-electron chi connectivity index (χ4n) is 2.53. The van der Waals surface area contributed by atoms with Crippen LogP contribution in [0.1, 0.15) is 72.6 Å². The summed E-state index contributed by atoms with van der Waals surface area (Å²) in [6.07, 6.45) is 4.02. The minimum atomic E-state index is -0.737. The molecule has 3 atom stereocenters. The average molecular weight is 288 g/mol. The van der Waals surface area contributed by atoms with E-state index in [2.05, 4.69) is 6.92 Å². The Kier molecular flexibility index (Phi) is 9.86. The van der Waals surface area contributed by atoms with Crippen LogP contribution in [-0.2, 0) is 9.53 Å². The van der Waals surface area contributed by atoms with Gasteiger partial charge >= 0.3 is 5.97 Å². The number of aliphatic hydroxyl groups is 2. The molecule has 0 aromatic carbocycles. The molecule has 0 aliphatic carbocycles. The Labute approximate surface area is 123 Å². The van der Waals surface area contributed by atoms with E-state index in [9.17, 15) is 15.0 Å². The van der Waals surface area contributed by atoms with E-state index in [0.29, 0.717) is 19.4 Å². The van der Waals surface area contributed by atoms with Gasteiger partial charge < -0.3 is 14.9 Å². The summed E-state index contributed by atoms with van der Waals surface area (Å²) < 4.78 is 4.87. The van der Waals surface area contributed by atoms with Crippen molar-refractivity contribution in [3.05, 3.63) is 0 Å². The number of ether oxygens (including phenoxy) is 1. The highest BCUT2D eigenvalue weighted by Crippen LogP contribution is 2.30. The SMILES string of the molecule is CCCC[C@](O)(CC)C[C@H](CC)[C@H](O)CC(=O)OCC. The first-order chi connectivity index (χ1) is 9.42. The summed E-state index contributed by atoms with van der Waals surface area (Å²) in [6.45, 7) is 8.14. The van der Waals surface area contributed by atoms with Crippen LogP contribution >= 0.6 is 0 Å². The first kappa shape index (κ1) is 19.4. The predicted molar refractivity (Wildman–Crippen MR) is 80.4 cm³/mol. The molecular formula is C16H32O4. The molecule has 0 aliphatic rings. The number of aliphatic hydroxyl groups excluding tert-OH is 1. The van der Waals surface area contributed by atoms with Crippen molar-refractivity contribution in [2.75, 3.05) is 6.61 Å². The van der Waals surface area contributed by atoms with E-state index < -0.39 is 11.7 Å². The van der Waals surface area contributed by atoms with Crippen molar-refractivity contribution in [1.82, 2.24) is 0 Å². The van der Waals surface area contributed by atoms with Gasteiger partial charge in [0.2, 0.25) is 0 Å². The number of esters is 1. The molecule has 0 saturated carbocycles. The fraction of sp³-hybridized carbons (Fsp3) is 0.938. The van der Waals surface area contributed by atoms with Gasteiger partial charge in [0.1, 0.15) is 0 Å². The zero-order chi connectivity index (χ0) is 15.6. The molecule has 2 N–H and O–H groups in total. The summed E-state index contributed by atoms with van der Waals surface area (Å²) >= 11 is 0. The van der Waals surface area contributed by atoms with Crippen molar-refractivity contribution in [1.29, 1.82) is 0 Å². The number of carbonyl (C=O) groups excluding carboxylic acids is 1. The molecule has 0 rings (SSSR count). The smallest absolute Gasteiger partial charge is 0.308 e. The normalized spacial score (nSPS) is 17.3. The topological polar surface area (TPSA) is 66.8 Å². The lowest BCUT2D eigenvalue weighted by Gasteiger charge is -2.33. The molecule has 0 aromatic heterocycles. The summed E-state index contributed by atoms with van der Waals surface area (Å²) in [5, 5.41) is 20.8. The van der Waals surface area contributed by atoms with Gasteiger partial charge in [-0.3, -0.25) is 4.79 Å². The molecule has 4 nitrogen and oxygen atoms in total. The Morgan fingerprint density at radius 1 is 1.25 bits per heavy atom. The van der Waals surface area contributed by atoms with Crippen LogP contribution < -0.4 is 0 Å². The van der Waals surface area contributed by atoms with Crippen molar-refractivity contribution >= 4 is 5.97 Å². The Balaban J connectivity index is 4.52. The molecule has 0 aliphatic heterocycles. The molecule has 0 radical (unpaired) electrons. The number of hydrogen-bond acceptors (Lipinski definition) is 4. The maximum Gasteiger partial charge on any atom is 0.308 e. The molecule has 0 bridgehead atoms. The fourth-order valence-corrected chi connectivity index (χ4v) is 2.53. The number of unbranched alkanes of at least 4 members (excludes halogenated alkanes) is 1. The largest absolute Gasteiger partial charge is 0.466 e. The zero-order valence-corrected chi connectivity index (χ0v) is 13.5. The number of hydrogen-bond donors (Lipinski definition) is 2. The molecule has 0 amide bonds. The average Bonchev–Trinajstić information content (AvgIpc) is 2.42. The van der Waals surface area contributed by atoms with E-state index >= 15 is 0 Å². The van der Waals surface area contributed by atoms with E-state index in [1.165, 1.54) is 0 Å². The van der Waals surface area contributed by atoms with Gasteiger partial charge in [0.25, 0.3) is 0 Å². The number of rotatable bonds is 11. The van der Waals surface area contributed by atoms with Crippen molar-refractivity contribution in [2.45, 2.75) is 84.3 Å². The number of carbonyl (C=O) groups is 1. The molecule has 0 unspecified atom stereocenters. The van der Waals surface area contributed by atoms with Crippen LogP contribution in [0.5, 0.6) is 0 Å². The van der Waals surface area contributed by atoms with Gasteiger partial charge in [0.05, 0.1) is 24.7 Å². The van der Waals surface area contributed by atoms with Crippen molar-refractivity contribution in [3.8, 4) is 0 Å². The second-order valence-electron chi connectivity index (χ2n) is 5.63. The van der Waals surface area contributed by atoms with Gasteiger partial charge in [-0.15, -0.1) is 0 Å². The maximum atomic E-state index is 11.4. The van der Waals surface area contributed by atoms with E-state index in [4.69, 9.17) is 4.74 Å². The highest BCUT2D eigenvalue weighted by molar-refractivity contribution is 5.69. The minimum Gasteiger partial charge on any atom is -0.466 e. The summed E-state index contributed by atoms with van der Waals surface area (Å²) in [5.41, 5.74) is -0.730. The highest BCUT2D eigenvalue weighted by Gasteiger charge is 2.31. The standard InChI is InChI=1S/C16H32O4/c1-5-9-10-16(19,7-3)12-13(6-2)14(17)11-15(18)20-8-4/h13-14,17,19H,5-12H2,1-4H3/t13-,14+,16+/m0/s1. The summed E-state index contributed by atoms with van der Waals surface area (Å²) in [5.74, 6) is -0.437. The maximum absolute atomic E-state index is 11.4. The molecular weight excluding hydrogens is 256 g/mol. The molecule has 4 heteroatoms. The van der Waals surface area contributed by atoms with Gasteiger partial charge in [-0.05, 0) is 32.1 Å². The zero-order valence-electron chi connectivity index (χ0n) is 13.5. The van der Waals surface area contributed by atoms with Crippen molar-refractivity contribution in [2.24, 2.45) is 5.92 Å². The van der Waals surface area contributed by atoms with Gasteiger partial charge in [0, 0.05) is 0 Å². The first-order valence-electron chi connectivity index (χ1n) is 7.98. The van der Waals surface area contributed by atoms with E-state index in [1.54, 1.807) is 6.92 Å². The third kappa shape index (κ3) is 7.25. The van der Waals surface area contributed by atoms with Crippen LogP contribution in [0.15, 0.2) is 0 Å². The van der Waals surface area contributed by atoms with E-state index in [0.717, 1.165) is 25.7 Å². The Morgan fingerprint density at radius 2 is 1.90 bits per heavy atom. The molecule has 0 aromatic rings. The first-order valence-corrected chi connectivity index (χ1v) is 7.98. The lowest BCUT2D eigenvalue weighted by atomic mass is 9.80. The van der Waals surface area contributed by atoms with Crippen LogP contribution in [0.25, 0.3) is 0 Å². The molecule has 0 spiro atoms. The third-order valence-electron chi connectivity index (χ3n) is 4.05. The monoisotopic (exact) mass is 288 g/mol. The van der Waals surface area contributed by atoms with Gasteiger partial charge in [0.15, 0.2) is 0 Å². The van der Waals surface area contributed by atoms with Crippen LogP contribution in [0.3, 0.4) is 0 Å². The molecule has 120 valence electrons. The molecule has 0 saturated heterocycles. The lowest BCUT2D eigenvalue weighted by molar-refractivity contribution is -0.146. The minimum absolute atomic E-state index is 0.0138. The van der Waals surface area contributed by atoms with Crippen molar-refractivity contribution in [3.63, 3.8) is 0 Å². The summed E-state index contributed by atoms with van der Waals surface area (Å²) in [7, 11) is 0. The quantitative estimate of drug-likeness (QED) is 0.573. The predicted octanol–water partition coefficient (Wildman–Crippen LogP) is 3.05. The van der Waals surface area contributed by atoms with E-state index in [-0.39, 0.29) is 18.3 Å². The van der Waals surface area contributed by atoms with Crippen LogP contribution in [0.2, 0.25) is 0 Å². The summed E-state index contributed by atoms with van der Waals surface area (Å²) in [4.78, 5) is 11.4. The van der Waals surface area contributed by atoms with Crippen LogP contribution in [0, 0.1) is 5.92 Å². The Bertz CT molecular complexity index is 267. The molecule has 0 heterocycles.